The Bertz CT molecular complexity index is 337. The number of Topliss-reactive ketones (excluding diaryl/α,β-unsaturated/α-hetero) is 1. The van der Waals surface area contributed by atoms with Gasteiger partial charge in [0.15, 0.2) is 5.82 Å². The van der Waals surface area contributed by atoms with Crippen molar-refractivity contribution in [3.05, 3.63) is 29.8 Å². The fourth-order valence-electron chi connectivity index (χ4n) is 0.712. The van der Waals surface area contributed by atoms with E-state index in [1.807, 2.05) is 0 Å². The predicted molar refractivity (Wildman–Crippen MR) is 39.3 cm³/mol. The molecule has 13 heavy (non-hydrogen) atoms. The van der Waals surface area contributed by atoms with Crippen molar-refractivity contribution in [2.45, 2.75) is 5.38 Å². The van der Waals surface area contributed by atoms with Gasteiger partial charge in [-0.15, -0.1) is 0 Å². The van der Waals surface area contributed by atoms with Crippen LogP contribution in [0.3, 0.4) is 0 Å². The maximum Gasteiger partial charge on any atom is 0.385 e. The quantitative estimate of drug-likeness (QED) is 0.552. The average Bonchev–Trinajstić information content (AvgIpc) is 2.02. The summed E-state index contributed by atoms with van der Waals surface area (Å²) in [6, 6.07) is 0.841. The molecule has 70 valence electrons. The van der Waals surface area contributed by atoms with E-state index in [4.69, 9.17) is 0 Å². The molecule has 0 N–H and O–H groups in total. The molecule has 0 aliphatic heterocycles. The van der Waals surface area contributed by atoms with Crippen LogP contribution in [-0.4, -0.2) is 16.1 Å². The van der Waals surface area contributed by atoms with Crippen molar-refractivity contribution in [3.8, 4) is 0 Å². The van der Waals surface area contributed by atoms with E-state index in [0.717, 1.165) is 12.3 Å². The fourth-order valence-corrected chi connectivity index (χ4v) is 0.814. The highest BCUT2D eigenvalue weighted by Crippen LogP contribution is 2.25. The minimum Gasteiger partial charge on any atom is -0.286 e. The number of aromatic nitrogens is 1. The van der Waals surface area contributed by atoms with Crippen molar-refractivity contribution < 1.29 is 18.0 Å². The Balaban J connectivity index is 3.10. The highest BCUT2D eigenvalue weighted by atomic mass is 35.5. The molecule has 2 nitrogen and oxygen atoms in total. The van der Waals surface area contributed by atoms with Crippen LogP contribution in [0.1, 0.15) is 10.4 Å². The van der Waals surface area contributed by atoms with Gasteiger partial charge < -0.3 is 0 Å². The SMILES string of the molecule is O=C(c1ccncc1F)C(F)(F)Cl. The van der Waals surface area contributed by atoms with Crippen molar-refractivity contribution in [2.24, 2.45) is 0 Å². The number of alkyl halides is 3. The number of rotatable bonds is 2. The van der Waals surface area contributed by atoms with Crippen LogP contribution in [0, 0.1) is 5.82 Å². The normalized spacial score (nSPS) is 11.4. The molecule has 0 saturated heterocycles. The Morgan fingerprint density at radius 3 is 2.62 bits per heavy atom. The van der Waals surface area contributed by atoms with E-state index >= 15 is 0 Å². The van der Waals surface area contributed by atoms with Gasteiger partial charge in [0.1, 0.15) is 0 Å². The molecule has 1 aromatic heterocycles. The summed E-state index contributed by atoms with van der Waals surface area (Å²) in [6.45, 7) is 0. The molecule has 0 bridgehead atoms. The lowest BCUT2D eigenvalue weighted by molar-refractivity contribution is 0.0531. The van der Waals surface area contributed by atoms with Crippen molar-refractivity contribution in [2.75, 3.05) is 0 Å². The van der Waals surface area contributed by atoms with E-state index in [0.29, 0.717) is 6.20 Å². The second-order valence-corrected chi connectivity index (χ2v) is 2.66. The summed E-state index contributed by atoms with van der Waals surface area (Å²) in [5.41, 5.74) is -0.769. The molecule has 0 amide bonds. The molecule has 0 fully saturated rings. The Kier molecular flexibility index (Phi) is 2.56. The summed E-state index contributed by atoms with van der Waals surface area (Å²) in [6.07, 6.45) is 1.69. The van der Waals surface area contributed by atoms with E-state index in [1.165, 1.54) is 0 Å². The number of carbonyl (C=O) groups is 1. The molecule has 6 heteroatoms. The highest BCUT2D eigenvalue weighted by Gasteiger charge is 2.37. The molecule has 0 saturated carbocycles. The first-order chi connectivity index (χ1) is 5.93. The molecular weight excluding hydrogens is 207 g/mol. The maximum absolute atomic E-state index is 12.7. The molecule has 0 aliphatic carbocycles. The molecule has 0 unspecified atom stereocenters. The van der Waals surface area contributed by atoms with Gasteiger partial charge in [0.05, 0.1) is 11.8 Å². The van der Waals surface area contributed by atoms with E-state index in [-0.39, 0.29) is 0 Å². The summed E-state index contributed by atoms with van der Waals surface area (Å²) in [7, 11) is 0. The maximum atomic E-state index is 12.7. The molecule has 1 aromatic rings. The molecule has 1 rings (SSSR count). The van der Waals surface area contributed by atoms with Crippen molar-refractivity contribution in [3.63, 3.8) is 0 Å². The number of pyridine rings is 1. The van der Waals surface area contributed by atoms with Gasteiger partial charge >= 0.3 is 5.38 Å². The molecule has 1 heterocycles. The minimum absolute atomic E-state index is 0.663. The largest absolute Gasteiger partial charge is 0.385 e. The average molecular weight is 210 g/mol. The van der Waals surface area contributed by atoms with Crippen LogP contribution in [0.15, 0.2) is 18.5 Å². The second-order valence-electron chi connectivity index (χ2n) is 2.18. The lowest BCUT2D eigenvalue weighted by Gasteiger charge is -2.06. The van der Waals surface area contributed by atoms with E-state index in [2.05, 4.69) is 16.6 Å². The summed E-state index contributed by atoms with van der Waals surface area (Å²) in [5.74, 6) is -2.89. The van der Waals surface area contributed by atoms with Crippen LogP contribution in [0.25, 0.3) is 0 Å². The van der Waals surface area contributed by atoms with E-state index in [1.54, 1.807) is 0 Å². The first kappa shape index (κ1) is 9.98. The van der Waals surface area contributed by atoms with Gasteiger partial charge in [-0.25, -0.2) is 4.39 Å². The highest BCUT2D eigenvalue weighted by molar-refractivity contribution is 6.35. The monoisotopic (exact) mass is 209 g/mol. The summed E-state index contributed by atoms with van der Waals surface area (Å²) in [4.78, 5) is 14.0. The Hall–Kier alpha value is -1.10. The van der Waals surface area contributed by atoms with Crippen molar-refractivity contribution >= 4 is 17.4 Å². The van der Waals surface area contributed by atoms with Gasteiger partial charge in [0.2, 0.25) is 0 Å². The number of nitrogens with zero attached hydrogens (tertiary/aromatic N) is 1. The van der Waals surface area contributed by atoms with Crippen LogP contribution in [0.2, 0.25) is 0 Å². The van der Waals surface area contributed by atoms with Gasteiger partial charge in [0, 0.05) is 6.20 Å². The number of halogens is 4. The van der Waals surface area contributed by atoms with Gasteiger partial charge in [-0.3, -0.25) is 9.78 Å². The third kappa shape index (κ3) is 2.18. The smallest absolute Gasteiger partial charge is 0.286 e. The number of carbonyl (C=O) groups excluding carboxylic acids is 1. The van der Waals surface area contributed by atoms with Gasteiger partial charge in [-0.1, -0.05) is 0 Å². The van der Waals surface area contributed by atoms with E-state index in [9.17, 15) is 18.0 Å². The first-order valence-corrected chi connectivity index (χ1v) is 3.52. The molecule has 0 spiro atoms. The summed E-state index contributed by atoms with van der Waals surface area (Å²) >= 11 is 4.42. The third-order valence-electron chi connectivity index (χ3n) is 1.27. The van der Waals surface area contributed by atoms with Crippen molar-refractivity contribution in [1.82, 2.24) is 4.98 Å². The predicted octanol–water partition coefficient (Wildman–Crippen LogP) is 2.24. The Morgan fingerprint density at radius 1 is 1.54 bits per heavy atom. The zero-order valence-electron chi connectivity index (χ0n) is 6.10. The lowest BCUT2D eigenvalue weighted by atomic mass is 10.2. The van der Waals surface area contributed by atoms with Gasteiger partial charge in [-0.2, -0.15) is 8.78 Å². The van der Waals surface area contributed by atoms with Crippen LogP contribution < -0.4 is 0 Å². The standard InChI is InChI=1S/C7H3ClF3NO/c8-7(10,11)6(13)4-1-2-12-3-5(4)9/h1-3H. The topological polar surface area (TPSA) is 30.0 Å². The number of hydrogen-bond acceptors (Lipinski definition) is 2. The van der Waals surface area contributed by atoms with Crippen molar-refractivity contribution in [1.29, 1.82) is 0 Å². The molecular formula is C7H3ClF3NO. The summed E-state index contributed by atoms with van der Waals surface area (Å²) < 4.78 is 37.1. The zero-order chi connectivity index (χ0) is 10.1. The van der Waals surface area contributed by atoms with Gasteiger partial charge in [-0.05, 0) is 17.7 Å². The van der Waals surface area contributed by atoms with Crippen LogP contribution in [0.5, 0.6) is 0 Å². The number of hydrogen-bond donors (Lipinski definition) is 0. The zero-order valence-corrected chi connectivity index (χ0v) is 6.86. The fraction of sp³-hybridized carbons (Fsp3) is 0.143. The van der Waals surface area contributed by atoms with E-state index < -0.39 is 22.5 Å². The molecule has 0 atom stereocenters. The Labute approximate surface area is 76.3 Å². The third-order valence-corrected chi connectivity index (χ3v) is 1.45. The van der Waals surface area contributed by atoms with Gasteiger partial charge in [0.25, 0.3) is 5.78 Å². The number of ketones is 1. The first-order valence-electron chi connectivity index (χ1n) is 3.14. The lowest BCUT2D eigenvalue weighted by Crippen LogP contribution is -2.22. The Morgan fingerprint density at radius 2 is 2.15 bits per heavy atom. The van der Waals surface area contributed by atoms with Crippen LogP contribution in [-0.2, 0) is 0 Å². The van der Waals surface area contributed by atoms with Crippen LogP contribution in [0.4, 0.5) is 13.2 Å². The molecule has 0 radical (unpaired) electrons. The van der Waals surface area contributed by atoms with Crippen LogP contribution >= 0.6 is 11.6 Å². The second kappa shape index (κ2) is 3.33. The molecule has 0 aliphatic rings. The minimum atomic E-state index is -4.08. The molecule has 0 aromatic carbocycles. The summed E-state index contributed by atoms with van der Waals surface area (Å²) in [5, 5.41) is -4.08.